The molecule has 2 rings (SSSR count). The molecule has 1 N–H and O–H groups in total. The van der Waals surface area contributed by atoms with Crippen LogP contribution in [0.1, 0.15) is 33.6 Å². The summed E-state index contributed by atoms with van der Waals surface area (Å²) in [6.07, 6.45) is 8.13. The minimum absolute atomic E-state index is 0.185. The number of hydrogen-bond donors (Lipinski definition) is 1. The Labute approximate surface area is 172 Å². The van der Waals surface area contributed by atoms with E-state index in [9.17, 15) is 9.59 Å². The fourth-order valence-electron chi connectivity index (χ4n) is 2.72. The topological polar surface area (TPSA) is 67.9 Å². The Hall–Kier alpha value is -3.02. The number of ether oxygens (including phenoxy) is 2. The van der Waals surface area contributed by atoms with Gasteiger partial charge in [-0.25, -0.2) is 4.79 Å². The van der Waals surface area contributed by atoms with Crippen molar-refractivity contribution in [2.24, 2.45) is 0 Å². The highest BCUT2D eigenvalue weighted by atomic mass is 16.6. The van der Waals surface area contributed by atoms with Crippen molar-refractivity contribution in [3.63, 3.8) is 0 Å². The maximum absolute atomic E-state index is 12.6. The molecule has 6 nitrogen and oxygen atoms in total. The molecule has 0 aromatic heterocycles. The average Bonchev–Trinajstić information content (AvgIpc) is 2.85. The molecular formula is C23H30N2O4. The van der Waals surface area contributed by atoms with Gasteiger partial charge in [-0.05, 0) is 57.9 Å². The van der Waals surface area contributed by atoms with Gasteiger partial charge in [0, 0.05) is 14.1 Å². The van der Waals surface area contributed by atoms with E-state index in [4.69, 9.17) is 9.47 Å². The van der Waals surface area contributed by atoms with Crippen LogP contribution in [-0.4, -0.2) is 42.6 Å². The van der Waals surface area contributed by atoms with Crippen molar-refractivity contribution in [3.8, 4) is 5.75 Å². The summed E-state index contributed by atoms with van der Waals surface area (Å²) in [5.74, 6) is 1.28. The molecular weight excluding hydrogens is 368 g/mol. The Bertz CT molecular complexity index is 802. The predicted molar refractivity (Wildman–Crippen MR) is 113 cm³/mol. The van der Waals surface area contributed by atoms with Gasteiger partial charge < -0.3 is 19.7 Å². The van der Waals surface area contributed by atoms with Gasteiger partial charge in [-0.2, -0.15) is 0 Å². The first-order chi connectivity index (χ1) is 13.6. The third-order valence-electron chi connectivity index (χ3n) is 4.02. The van der Waals surface area contributed by atoms with E-state index >= 15 is 0 Å². The molecule has 0 radical (unpaired) electrons. The van der Waals surface area contributed by atoms with Crippen molar-refractivity contribution in [1.82, 2.24) is 10.2 Å². The van der Waals surface area contributed by atoms with E-state index in [0.717, 1.165) is 11.3 Å². The van der Waals surface area contributed by atoms with Gasteiger partial charge in [0.15, 0.2) is 0 Å². The Kier molecular flexibility index (Phi) is 7.65. The number of likely N-dealkylation sites (N-methyl/N-ethyl adjacent to an activating group) is 1. The highest BCUT2D eigenvalue weighted by Crippen LogP contribution is 2.20. The quantitative estimate of drug-likeness (QED) is 0.780. The van der Waals surface area contributed by atoms with E-state index in [-0.39, 0.29) is 5.91 Å². The van der Waals surface area contributed by atoms with Crippen LogP contribution in [0.15, 0.2) is 66.0 Å². The van der Waals surface area contributed by atoms with Crippen LogP contribution in [0, 0.1) is 0 Å². The van der Waals surface area contributed by atoms with Crippen LogP contribution >= 0.6 is 0 Å². The number of alkyl carbamates (subject to hydrolysis) is 1. The summed E-state index contributed by atoms with van der Waals surface area (Å²) in [7, 11) is 3.33. The van der Waals surface area contributed by atoms with Crippen LogP contribution in [0.5, 0.6) is 5.75 Å². The molecule has 156 valence electrons. The smallest absolute Gasteiger partial charge is 0.408 e. The van der Waals surface area contributed by atoms with E-state index in [1.807, 2.05) is 54.6 Å². The van der Waals surface area contributed by atoms with Crippen molar-refractivity contribution in [2.45, 2.75) is 45.3 Å². The molecule has 0 aliphatic heterocycles. The van der Waals surface area contributed by atoms with Crippen molar-refractivity contribution in [3.05, 3.63) is 66.0 Å². The lowest BCUT2D eigenvalue weighted by Gasteiger charge is -2.25. The summed E-state index contributed by atoms with van der Waals surface area (Å²) in [5.41, 5.74) is 0.371. The second kappa shape index (κ2) is 9.96. The van der Waals surface area contributed by atoms with Crippen molar-refractivity contribution in [2.75, 3.05) is 14.1 Å². The Balaban J connectivity index is 2.10. The van der Waals surface area contributed by atoms with Crippen molar-refractivity contribution in [1.29, 1.82) is 0 Å². The number of nitrogens with zero attached hydrogens (tertiary/aromatic N) is 1. The molecule has 0 saturated carbocycles. The highest BCUT2D eigenvalue weighted by Gasteiger charge is 2.26. The van der Waals surface area contributed by atoms with Crippen molar-refractivity contribution >= 4 is 12.0 Å². The molecule has 0 saturated heterocycles. The number of hydrogen-bond acceptors (Lipinski definition) is 4. The molecule has 2 amide bonds. The molecule has 0 spiro atoms. The number of nitrogens with one attached hydrogen (secondary N) is 1. The summed E-state index contributed by atoms with van der Waals surface area (Å²) in [5, 5.41) is 2.70. The fourth-order valence-corrected chi connectivity index (χ4v) is 2.72. The molecule has 1 atom stereocenters. The van der Waals surface area contributed by atoms with Gasteiger partial charge in [-0.3, -0.25) is 4.79 Å². The van der Waals surface area contributed by atoms with Crippen LogP contribution in [-0.2, 0) is 9.53 Å². The summed E-state index contributed by atoms with van der Waals surface area (Å²) < 4.78 is 11.2. The molecule has 1 aromatic carbocycles. The molecule has 6 heteroatoms. The number of carbonyl (C=O) groups is 2. The minimum atomic E-state index is -0.704. The van der Waals surface area contributed by atoms with E-state index in [1.54, 1.807) is 34.9 Å². The SMILES string of the molecule is CN(C)C(=O)[C@H](CC1=CC=C(Oc2ccccc2)C=CC1)NC(=O)OC(C)(C)C. The summed E-state index contributed by atoms with van der Waals surface area (Å²) >= 11 is 0. The third-order valence-corrected chi connectivity index (χ3v) is 4.02. The monoisotopic (exact) mass is 398 g/mol. The molecule has 0 heterocycles. The standard InChI is InChI=1S/C23H30N2O4/c1-23(2,3)29-22(27)24-20(21(26)25(4)5)16-17-10-9-13-19(15-14-17)28-18-11-7-6-8-12-18/h6-9,11-15,20H,10,16H2,1-5H3,(H,24,27)/t20-/m0/s1. The van der Waals surface area contributed by atoms with Crippen LogP contribution in [0.3, 0.4) is 0 Å². The van der Waals surface area contributed by atoms with Gasteiger partial charge in [-0.1, -0.05) is 35.9 Å². The predicted octanol–water partition coefficient (Wildman–Crippen LogP) is 4.21. The molecule has 0 bridgehead atoms. The lowest BCUT2D eigenvalue weighted by molar-refractivity contribution is -0.130. The van der Waals surface area contributed by atoms with Gasteiger partial charge in [0.05, 0.1) is 0 Å². The second-order valence-electron chi connectivity index (χ2n) is 8.05. The highest BCUT2D eigenvalue weighted by molar-refractivity contribution is 5.85. The lowest BCUT2D eigenvalue weighted by Crippen LogP contribution is -2.47. The largest absolute Gasteiger partial charge is 0.457 e. The number of benzene rings is 1. The van der Waals surface area contributed by atoms with Crippen LogP contribution in [0.2, 0.25) is 0 Å². The molecule has 1 aliphatic carbocycles. The summed E-state index contributed by atoms with van der Waals surface area (Å²) in [4.78, 5) is 26.2. The lowest BCUT2D eigenvalue weighted by atomic mass is 10.0. The Morgan fingerprint density at radius 2 is 1.83 bits per heavy atom. The van der Waals surface area contributed by atoms with Gasteiger partial charge >= 0.3 is 6.09 Å². The van der Waals surface area contributed by atoms with Gasteiger partial charge in [0.2, 0.25) is 5.91 Å². The zero-order valence-corrected chi connectivity index (χ0v) is 17.8. The first kappa shape index (κ1) is 22.3. The van der Waals surface area contributed by atoms with Gasteiger partial charge in [0.25, 0.3) is 0 Å². The first-order valence-electron chi connectivity index (χ1n) is 9.64. The number of carbonyl (C=O) groups excluding carboxylic acids is 2. The zero-order chi connectivity index (χ0) is 21.4. The molecule has 0 unspecified atom stereocenters. The molecule has 1 aromatic rings. The first-order valence-corrected chi connectivity index (χ1v) is 9.64. The van der Waals surface area contributed by atoms with E-state index in [1.165, 1.54) is 4.90 Å². The maximum Gasteiger partial charge on any atom is 0.408 e. The molecule has 1 aliphatic rings. The van der Waals surface area contributed by atoms with Gasteiger partial charge in [0.1, 0.15) is 23.2 Å². The van der Waals surface area contributed by atoms with Gasteiger partial charge in [-0.15, -0.1) is 0 Å². The molecule has 29 heavy (non-hydrogen) atoms. The number of amides is 2. The summed E-state index contributed by atoms with van der Waals surface area (Å²) in [6, 6.07) is 8.84. The van der Waals surface area contributed by atoms with E-state index in [2.05, 4.69) is 5.32 Å². The van der Waals surface area contributed by atoms with Crippen LogP contribution < -0.4 is 10.1 Å². The van der Waals surface area contributed by atoms with Crippen molar-refractivity contribution < 1.29 is 19.1 Å². The Morgan fingerprint density at radius 1 is 1.14 bits per heavy atom. The number of para-hydroxylation sites is 1. The number of rotatable bonds is 6. The van der Waals surface area contributed by atoms with E-state index < -0.39 is 17.7 Å². The maximum atomic E-state index is 12.6. The fraction of sp³-hybridized carbons (Fsp3) is 0.391. The molecule has 0 fully saturated rings. The third kappa shape index (κ3) is 7.86. The second-order valence-corrected chi connectivity index (χ2v) is 8.05. The Morgan fingerprint density at radius 3 is 2.45 bits per heavy atom. The zero-order valence-electron chi connectivity index (χ0n) is 17.8. The van der Waals surface area contributed by atoms with Crippen LogP contribution in [0.25, 0.3) is 0 Å². The average molecular weight is 399 g/mol. The van der Waals surface area contributed by atoms with Crippen LogP contribution in [0.4, 0.5) is 4.79 Å². The minimum Gasteiger partial charge on any atom is -0.457 e. The summed E-state index contributed by atoms with van der Waals surface area (Å²) in [6.45, 7) is 5.35. The normalized spacial score (nSPS) is 14.8. The van der Waals surface area contributed by atoms with E-state index in [0.29, 0.717) is 18.6 Å². The number of allylic oxidation sites excluding steroid dienone is 4.